The molecule has 0 aliphatic carbocycles. The van der Waals surface area contributed by atoms with E-state index in [1.54, 1.807) is 12.4 Å². The van der Waals surface area contributed by atoms with Gasteiger partial charge in [0, 0.05) is 38.6 Å². The monoisotopic (exact) mass is 381 g/mol. The van der Waals surface area contributed by atoms with Gasteiger partial charge in [-0.15, -0.1) is 0 Å². The fourth-order valence-electron chi connectivity index (χ4n) is 4.33. The molecular formula is C22H27N3O3. The number of carbonyl (C=O) groups excluding carboxylic acids is 1. The number of carbonyl (C=O) groups is 1. The summed E-state index contributed by atoms with van der Waals surface area (Å²) < 4.78 is 5.51. The summed E-state index contributed by atoms with van der Waals surface area (Å²) in [5, 5.41) is 11.7. The normalized spacial score (nSPS) is 26.2. The van der Waals surface area contributed by atoms with Crippen LogP contribution >= 0.6 is 0 Å². The van der Waals surface area contributed by atoms with Crippen LogP contribution in [0.5, 0.6) is 0 Å². The van der Waals surface area contributed by atoms with Crippen LogP contribution in [-0.4, -0.2) is 71.2 Å². The van der Waals surface area contributed by atoms with Gasteiger partial charge in [0.1, 0.15) is 5.60 Å². The van der Waals surface area contributed by atoms with Crippen LogP contribution < -0.4 is 0 Å². The van der Waals surface area contributed by atoms with Crippen LogP contribution in [0.3, 0.4) is 0 Å². The van der Waals surface area contributed by atoms with Crippen LogP contribution in [0.25, 0.3) is 0 Å². The summed E-state index contributed by atoms with van der Waals surface area (Å²) in [6.45, 7) is 5.75. The van der Waals surface area contributed by atoms with E-state index in [4.69, 9.17) is 4.74 Å². The molecule has 1 amide bonds. The standard InChI is InChI=1S/C22H27N3O3/c1-17-13-18(15-23-14-17)21(26)25-8-7-22(27,19-5-3-2-4-6-19)20(16-25)24-9-11-28-12-10-24/h2-6,13-15,20,27H,7-12,16H2,1H3/t20-,22+/m1/s1. The lowest BCUT2D eigenvalue weighted by atomic mass is 9.79. The molecule has 2 aliphatic heterocycles. The smallest absolute Gasteiger partial charge is 0.255 e. The van der Waals surface area contributed by atoms with Gasteiger partial charge in [0.2, 0.25) is 0 Å². The largest absolute Gasteiger partial charge is 0.383 e. The zero-order valence-electron chi connectivity index (χ0n) is 16.3. The molecule has 2 atom stereocenters. The molecule has 148 valence electrons. The number of piperidine rings is 1. The number of rotatable bonds is 3. The zero-order valence-corrected chi connectivity index (χ0v) is 16.3. The number of amides is 1. The first-order valence-electron chi connectivity index (χ1n) is 9.88. The van der Waals surface area contributed by atoms with Gasteiger partial charge in [-0.3, -0.25) is 14.7 Å². The number of nitrogens with zero attached hydrogens (tertiary/aromatic N) is 3. The molecule has 0 unspecified atom stereocenters. The fraction of sp³-hybridized carbons (Fsp3) is 0.455. The Kier molecular flexibility index (Phi) is 5.44. The molecule has 4 rings (SSSR count). The molecule has 0 bridgehead atoms. The molecular weight excluding hydrogens is 354 g/mol. The molecule has 6 heteroatoms. The van der Waals surface area contributed by atoms with Crippen molar-refractivity contribution in [3.63, 3.8) is 0 Å². The SMILES string of the molecule is Cc1cncc(C(=O)N2CC[C@](O)(c3ccccc3)[C@H](N3CCOCC3)C2)c1. The van der Waals surface area contributed by atoms with Gasteiger partial charge in [0.15, 0.2) is 0 Å². The summed E-state index contributed by atoms with van der Waals surface area (Å²) in [6.07, 6.45) is 3.87. The first kappa shape index (κ1) is 19.1. The predicted molar refractivity (Wildman–Crippen MR) is 106 cm³/mol. The summed E-state index contributed by atoms with van der Waals surface area (Å²) in [5.74, 6) is -0.0235. The van der Waals surface area contributed by atoms with Crippen LogP contribution in [0.1, 0.15) is 27.9 Å². The maximum Gasteiger partial charge on any atom is 0.255 e. The average molecular weight is 381 g/mol. The highest BCUT2D eigenvalue weighted by Gasteiger charge is 2.47. The van der Waals surface area contributed by atoms with E-state index in [9.17, 15) is 9.90 Å². The van der Waals surface area contributed by atoms with Gasteiger partial charge in [-0.25, -0.2) is 0 Å². The molecule has 6 nitrogen and oxygen atoms in total. The summed E-state index contributed by atoms with van der Waals surface area (Å²) in [5.41, 5.74) is 1.50. The number of likely N-dealkylation sites (tertiary alicyclic amines) is 1. The lowest BCUT2D eigenvalue weighted by Crippen LogP contribution is -2.63. The lowest BCUT2D eigenvalue weighted by Gasteiger charge is -2.50. The zero-order chi connectivity index (χ0) is 19.6. The summed E-state index contributed by atoms with van der Waals surface area (Å²) in [7, 11) is 0. The molecule has 0 spiro atoms. The minimum absolute atomic E-state index is 0.0235. The number of pyridine rings is 1. The topological polar surface area (TPSA) is 65.9 Å². The van der Waals surface area contributed by atoms with E-state index in [-0.39, 0.29) is 11.9 Å². The van der Waals surface area contributed by atoms with Crippen molar-refractivity contribution in [2.45, 2.75) is 25.0 Å². The van der Waals surface area contributed by atoms with Crippen molar-refractivity contribution in [2.24, 2.45) is 0 Å². The minimum Gasteiger partial charge on any atom is -0.383 e. The molecule has 3 heterocycles. The third-order valence-corrected chi connectivity index (χ3v) is 5.88. The van der Waals surface area contributed by atoms with Crippen molar-refractivity contribution in [1.82, 2.24) is 14.8 Å². The van der Waals surface area contributed by atoms with Crippen LogP contribution in [0.15, 0.2) is 48.8 Å². The number of benzene rings is 1. The van der Waals surface area contributed by atoms with E-state index >= 15 is 0 Å². The van der Waals surface area contributed by atoms with Crippen molar-refractivity contribution in [1.29, 1.82) is 0 Å². The average Bonchev–Trinajstić information content (AvgIpc) is 2.75. The Balaban J connectivity index is 1.62. The van der Waals surface area contributed by atoms with E-state index < -0.39 is 5.60 Å². The van der Waals surface area contributed by atoms with Crippen molar-refractivity contribution >= 4 is 5.91 Å². The van der Waals surface area contributed by atoms with Crippen molar-refractivity contribution in [3.8, 4) is 0 Å². The second-order valence-electron chi connectivity index (χ2n) is 7.71. The van der Waals surface area contributed by atoms with Crippen molar-refractivity contribution in [3.05, 3.63) is 65.5 Å². The van der Waals surface area contributed by atoms with Crippen molar-refractivity contribution in [2.75, 3.05) is 39.4 Å². The van der Waals surface area contributed by atoms with Crippen molar-refractivity contribution < 1.29 is 14.6 Å². The Hall–Kier alpha value is -2.28. The molecule has 28 heavy (non-hydrogen) atoms. The number of hydrogen-bond donors (Lipinski definition) is 1. The molecule has 2 fully saturated rings. The second kappa shape index (κ2) is 7.99. The van der Waals surface area contributed by atoms with E-state index in [2.05, 4.69) is 9.88 Å². The highest BCUT2D eigenvalue weighted by Crippen LogP contribution is 2.36. The van der Waals surface area contributed by atoms with Gasteiger partial charge < -0.3 is 14.7 Å². The van der Waals surface area contributed by atoms with Crippen LogP contribution in [0.2, 0.25) is 0 Å². The molecule has 2 aromatic rings. The first-order valence-corrected chi connectivity index (χ1v) is 9.88. The van der Waals surface area contributed by atoms with E-state index in [1.807, 2.05) is 48.2 Å². The van der Waals surface area contributed by atoms with Crippen LogP contribution in [-0.2, 0) is 10.3 Å². The number of hydrogen-bond acceptors (Lipinski definition) is 5. The molecule has 2 saturated heterocycles. The highest BCUT2D eigenvalue weighted by atomic mass is 16.5. The van der Waals surface area contributed by atoms with Crippen LogP contribution in [0.4, 0.5) is 0 Å². The second-order valence-corrected chi connectivity index (χ2v) is 7.71. The van der Waals surface area contributed by atoms with Gasteiger partial charge in [0.05, 0.1) is 24.8 Å². The Morgan fingerprint density at radius 1 is 1.18 bits per heavy atom. The van der Waals surface area contributed by atoms with Crippen LogP contribution in [0, 0.1) is 6.92 Å². The maximum atomic E-state index is 13.1. The van der Waals surface area contributed by atoms with E-state index in [0.29, 0.717) is 38.3 Å². The van der Waals surface area contributed by atoms with Gasteiger partial charge in [-0.2, -0.15) is 0 Å². The van der Waals surface area contributed by atoms with Gasteiger partial charge >= 0.3 is 0 Å². The number of ether oxygens (including phenoxy) is 1. The number of morpholine rings is 1. The molecule has 1 aromatic heterocycles. The minimum atomic E-state index is -0.986. The fourth-order valence-corrected chi connectivity index (χ4v) is 4.33. The molecule has 0 radical (unpaired) electrons. The Morgan fingerprint density at radius 2 is 1.93 bits per heavy atom. The maximum absolute atomic E-state index is 13.1. The lowest BCUT2D eigenvalue weighted by molar-refractivity contribution is -0.112. The predicted octanol–water partition coefficient (Wildman–Crippen LogP) is 1.82. The Labute approximate surface area is 165 Å². The molecule has 0 saturated carbocycles. The Bertz CT molecular complexity index is 823. The molecule has 1 N–H and O–H groups in total. The van der Waals surface area contributed by atoms with Gasteiger partial charge in [-0.05, 0) is 30.5 Å². The quantitative estimate of drug-likeness (QED) is 0.879. The molecule has 2 aliphatic rings. The number of aryl methyl sites for hydroxylation is 1. The summed E-state index contributed by atoms with van der Waals surface area (Å²) in [4.78, 5) is 21.4. The van der Waals surface area contributed by atoms with Gasteiger partial charge in [0.25, 0.3) is 5.91 Å². The summed E-state index contributed by atoms with van der Waals surface area (Å²) >= 11 is 0. The number of aliphatic hydroxyl groups is 1. The Morgan fingerprint density at radius 3 is 2.64 bits per heavy atom. The van der Waals surface area contributed by atoms with Gasteiger partial charge in [-0.1, -0.05) is 30.3 Å². The first-order chi connectivity index (χ1) is 13.6. The van der Waals surface area contributed by atoms with E-state index in [0.717, 1.165) is 24.2 Å². The number of aromatic nitrogens is 1. The van der Waals surface area contributed by atoms with E-state index in [1.165, 1.54) is 0 Å². The summed E-state index contributed by atoms with van der Waals surface area (Å²) in [6, 6.07) is 11.5. The third-order valence-electron chi connectivity index (χ3n) is 5.88. The highest BCUT2D eigenvalue weighted by molar-refractivity contribution is 5.94. The third kappa shape index (κ3) is 3.68. The molecule has 1 aromatic carbocycles.